The highest BCUT2D eigenvalue weighted by atomic mass is 16.2. The van der Waals surface area contributed by atoms with Crippen LogP contribution in [0.25, 0.3) is 5.78 Å². The summed E-state index contributed by atoms with van der Waals surface area (Å²) in [6.45, 7) is 4.42. The van der Waals surface area contributed by atoms with Crippen LogP contribution in [-0.2, 0) is 6.42 Å². The van der Waals surface area contributed by atoms with Crippen molar-refractivity contribution in [3.05, 3.63) is 82.9 Å². The van der Waals surface area contributed by atoms with Gasteiger partial charge >= 0.3 is 0 Å². The predicted octanol–water partition coefficient (Wildman–Crippen LogP) is 3.20. The van der Waals surface area contributed by atoms with Gasteiger partial charge in [-0.3, -0.25) is 9.59 Å². The number of carbonyl (C=O) groups is 2. The second-order valence-electron chi connectivity index (χ2n) is 7.55. The first-order valence-corrected chi connectivity index (χ1v) is 10.0. The number of nitrogens with zero attached hydrogens (tertiary/aromatic N) is 5. The highest BCUT2D eigenvalue weighted by molar-refractivity contribution is 6.08. The van der Waals surface area contributed by atoms with E-state index in [2.05, 4.69) is 20.4 Å². The van der Waals surface area contributed by atoms with E-state index < -0.39 is 5.91 Å². The van der Waals surface area contributed by atoms with E-state index in [0.29, 0.717) is 23.6 Å². The molecule has 0 fully saturated rings. The second-order valence-corrected chi connectivity index (χ2v) is 7.55. The lowest BCUT2D eigenvalue weighted by Gasteiger charge is -2.17. The molecule has 0 aliphatic carbocycles. The monoisotopic (exact) mass is 412 g/mol. The number of anilines is 2. The van der Waals surface area contributed by atoms with Crippen molar-refractivity contribution in [3.8, 4) is 0 Å². The number of hydrogen-bond acceptors (Lipinski definition) is 5. The maximum absolute atomic E-state index is 12.9. The highest BCUT2D eigenvalue weighted by Crippen LogP contribution is 2.29. The Morgan fingerprint density at radius 3 is 2.58 bits per heavy atom. The number of carbonyl (C=O) groups excluding carboxylic acids is 2. The van der Waals surface area contributed by atoms with Gasteiger partial charge in [-0.25, -0.2) is 9.50 Å². The van der Waals surface area contributed by atoms with E-state index in [1.165, 1.54) is 10.1 Å². The summed E-state index contributed by atoms with van der Waals surface area (Å²) in [5.41, 5.74) is 4.92. The van der Waals surface area contributed by atoms with Crippen LogP contribution in [0.1, 0.15) is 37.9 Å². The van der Waals surface area contributed by atoms with E-state index in [-0.39, 0.29) is 11.7 Å². The molecule has 5 rings (SSSR count). The van der Waals surface area contributed by atoms with Crippen LogP contribution in [0.5, 0.6) is 0 Å². The van der Waals surface area contributed by atoms with Crippen LogP contribution in [0, 0.1) is 13.8 Å². The number of rotatable bonds is 3. The fourth-order valence-electron chi connectivity index (χ4n) is 3.85. The van der Waals surface area contributed by atoms with Crippen LogP contribution in [0.3, 0.4) is 0 Å². The lowest BCUT2D eigenvalue weighted by atomic mass is 10.1. The van der Waals surface area contributed by atoms with Crippen molar-refractivity contribution in [1.29, 1.82) is 0 Å². The molecule has 2 aromatic carbocycles. The maximum atomic E-state index is 12.9. The average molecular weight is 412 g/mol. The third-order valence-corrected chi connectivity index (χ3v) is 5.34. The predicted molar refractivity (Wildman–Crippen MR) is 116 cm³/mol. The molecule has 1 aliphatic rings. The van der Waals surface area contributed by atoms with Gasteiger partial charge in [0.2, 0.25) is 5.82 Å². The molecule has 0 spiro atoms. The molecule has 0 unspecified atom stereocenters. The Morgan fingerprint density at radius 2 is 1.77 bits per heavy atom. The van der Waals surface area contributed by atoms with Gasteiger partial charge in [0.15, 0.2) is 0 Å². The first kappa shape index (κ1) is 18.9. The zero-order valence-electron chi connectivity index (χ0n) is 17.2. The van der Waals surface area contributed by atoms with Gasteiger partial charge in [0.25, 0.3) is 17.6 Å². The number of aryl methyl sites for hydroxylation is 2. The van der Waals surface area contributed by atoms with Crippen molar-refractivity contribution in [1.82, 2.24) is 19.6 Å². The molecule has 0 radical (unpaired) electrons. The highest BCUT2D eigenvalue weighted by Gasteiger charge is 2.25. The fourth-order valence-corrected chi connectivity index (χ4v) is 3.85. The quantitative estimate of drug-likeness (QED) is 0.558. The topological polar surface area (TPSA) is 92.5 Å². The summed E-state index contributed by atoms with van der Waals surface area (Å²) < 4.78 is 1.54. The van der Waals surface area contributed by atoms with Crippen molar-refractivity contribution >= 4 is 29.0 Å². The van der Waals surface area contributed by atoms with E-state index in [4.69, 9.17) is 0 Å². The minimum absolute atomic E-state index is 0.0371. The van der Waals surface area contributed by atoms with Crippen LogP contribution >= 0.6 is 0 Å². The standard InChI is InChI=1S/C23H20N6O2/c1-14-13-15(2)29-23(24-14)26-20(27-29)21(30)25-18-9-7-17(8-10-18)22(31)28-12-11-16-5-3-4-6-19(16)28/h3-10,13H,11-12H2,1-2H3,(H,25,30). The van der Waals surface area contributed by atoms with Gasteiger partial charge in [-0.05, 0) is 62.2 Å². The minimum Gasteiger partial charge on any atom is -0.319 e. The molecule has 3 heterocycles. The van der Waals surface area contributed by atoms with Crippen LogP contribution < -0.4 is 10.2 Å². The molecule has 2 aromatic heterocycles. The van der Waals surface area contributed by atoms with Gasteiger partial charge in [-0.1, -0.05) is 18.2 Å². The molecule has 0 saturated heterocycles. The Labute approximate surface area is 178 Å². The summed E-state index contributed by atoms with van der Waals surface area (Å²) in [5.74, 6) is -0.0682. The summed E-state index contributed by atoms with van der Waals surface area (Å²) in [7, 11) is 0. The molecular formula is C23H20N6O2. The Bertz CT molecular complexity index is 1330. The molecule has 4 aromatic rings. The molecule has 2 amide bonds. The van der Waals surface area contributed by atoms with Gasteiger partial charge in [-0.2, -0.15) is 4.98 Å². The summed E-state index contributed by atoms with van der Waals surface area (Å²) in [5, 5.41) is 7.01. The van der Waals surface area contributed by atoms with E-state index >= 15 is 0 Å². The van der Waals surface area contributed by atoms with Crippen molar-refractivity contribution in [3.63, 3.8) is 0 Å². The van der Waals surface area contributed by atoms with Crippen molar-refractivity contribution in [2.45, 2.75) is 20.3 Å². The normalized spacial score (nSPS) is 12.8. The van der Waals surface area contributed by atoms with Crippen molar-refractivity contribution in [2.75, 3.05) is 16.8 Å². The van der Waals surface area contributed by atoms with Gasteiger partial charge < -0.3 is 10.2 Å². The molecule has 1 aliphatic heterocycles. The number of amides is 2. The Balaban J connectivity index is 1.32. The van der Waals surface area contributed by atoms with E-state index in [9.17, 15) is 9.59 Å². The Hall–Kier alpha value is -4.07. The summed E-state index contributed by atoms with van der Waals surface area (Å²) >= 11 is 0. The largest absolute Gasteiger partial charge is 0.319 e. The Morgan fingerprint density at radius 1 is 1.00 bits per heavy atom. The van der Waals surface area contributed by atoms with Gasteiger partial charge in [-0.15, -0.1) is 5.10 Å². The van der Waals surface area contributed by atoms with Crippen LogP contribution in [0.2, 0.25) is 0 Å². The molecule has 0 atom stereocenters. The van der Waals surface area contributed by atoms with Crippen LogP contribution in [0.15, 0.2) is 54.6 Å². The maximum Gasteiger partial charge on any atom is 0.295 e. The molecular weight excluding hydrogens is 392 g/mol. The van der Waals surface area contributed by atoms with Gasteiger partial charge in [0, 0.05) is 34.9 Å². The van der Waals surface area contributed by atoms with E-state index in [1.807, 2.05) is 44.2 Å². The average Bonchev–Trinajstić information content (AvgIpc) is 3.38. The smallest absolute Gasteiger partial charge is 0.295 e. The zero-order valence-corrected chi connectivity index (χ0v) is 17.2. The summed E-state index contributed by atoms with van der Waals surface area (Å²) in [6, 6.07) is 16.7. The van der Waals surface area contributed by atoms with Crippen LogP contribution in [0.4, 0.5) is 11.4 Å². The third kappa shape index (κ3) is 3.42. The first-order chi connectivity index (χ1) is 15.0. The number of nitrogens with one attached hydrogen (secondary N) is 1. The SMILES string of the molecule is Cc1cc(C)n2nc(C(=O)Nc3ccc(C(=O)N4CCc5ccccc54)cc3)nc2n1. The molecule has 8 heteroatoms. The third-order valence-electron chi connectivity index (χ3n) is 5.34. The van der Waals surface area contributed by atoms with E-state index in [1.54, 1.807) is 29.2 Å². The minimum atomic E-state index is -0.435. The number of aromatic nitrogens is 4. The van der Waals surface area contributed by atoms with Crippen molar-refractivity contribution in [2.24, 2.45) is 0 Å². The van der Waals surface area contributed by atoms with Crippen LogP contribution in [-0.4, -0.2) is 37.9 Å². The van der Waals surface area contributed by atoms with Crippen molar-refractivity contribution < 1.29 is 9.59 Å². The summed E-state index contributed by atoms with van der Waals surface area (Å²) in [4.78, 5) is 35.8. The Kier molecular flexibility index (Phi) is 4.47. The van der Waals surface area contributed by atoms with Gasteiger partial charge in [0.05, 0.1) is 0 Å². The lowest BCUT2D eigenvalue weighted by Crippen LogP contribution is -2.28. The molecule has 0 bridgehead atoms. The summed E-state index contributed by atoms with van der Waals surface area (Å²) in [6.07, 6.45) is 0.857. The van der Waals surface area contributed by atoms with E-state index in [0.717, 1.165) is 23.5 Å². The molecule has 0 saturated carbocycles. The zero-order chi connectivity index (χ0) is 21.5. The lowest BCUT2D eigenvalue weighted by molar-refractivity contribution is 0.0987. The second kappa shape index (κ2) is 7.32. The van der Waals surface area contributed by atoms with Gasteiger partial charge in [0.1, 0.15) is 0 Å². The number of para-hydroxylation sites is 1. The first-order valence-electron chi connectivity index (χ1n) is 10.0. The fraction of sp³-hybridized carbons (Fsp3) is 0.174. The molecule has 31 heavy (non-hydrogen) atoms. The molecule has 8 nitrogen and oxygen atoms in total. The molecule has 154 valence electrons. The molecule has 1 N–H and O–H groups in total. The number of fused-ring (bicyclic) bond motifs is 2. The number of benzene rings is 2. The number of hydrogen-bond donors (Lipinski definition) is 1.